The maximum absolute atomic E-state index is 13.2. The first-order valence-corrected chi connectivity index (χ1v) is 7.87. The highest BCUT2D eigenvalue weighted by atomic mass is 32.2. The van der Waals surface area contributed by atoms with Crippen molar-refractivity contribution in [3.63, 3.8) is 0 Å². The van der Waals surface area contributed by atoms with Crippen molar-refractivity contribution in [3.05, 3.63) is 36.3 Å². The summed E-state index contributed by atoms with van der Waals surface area (Å²) in [7, 11) is -2.53. The molecule has 0 radical (unpaired) electrons. The first-order valence-electron chi connectivity index (χ1n) is 6.43. The molecule has 1 aromatic carbocycles. The summed E-state index contributed by atoms with van der Waals surface area (Å²) in [5.41, 5.74) is 5.91. The van der Waals surface area contributed by atoms with E-state index >= 15 is 0 Å². The molecule has 0 aliphatic carbocycles. The van der Waals surface area contributed by atoms with Crippen LogP contribution in [0.4, 0.5) is 15.9 Å². The molecule has 21 heavy (non-hydrogen) atoms. The van der Waals surface area contributed by atoms with E-state index in [9.17, 15) is 12.8 Å². The molecule has 0 saturated carbocycles. The van der Waals surface area contributed by atoms with E-state index in [1.165, 1.54) is 36.1 Å². The van der Waals surface area contributed by atoms with Crippen molar-refractivity contribution in [2.75, 3.05) is 17.1 Å². The van der Waals surface area contributed by atoms with Crippen LogP contribution in [0.3, 0.4) is 0 Å². The highest BCUT2D eigenvalue weighted by Crippen LogP contribution is 2.25. The molecule has 0 atom stereocenters. The fraction of sp³-hybridized carbons (Fsp3) is 0.308. The van der Waals surface area contributed by atoms with Crippen molar-refractivity contribution in [3.8, 4) is 0 Å². The lowest BCUT2D eigenvalue weighted by atomic mass is 10.3. The molecule has 0 aliphatic rings. The van der Waals surface area contributed by atoms with Crippen LogP contribution in [-0.4, -0.2) is 25.2 Å². The number of nitrogen functional groups attached to an aromatic ring is 1. The highest BCUT2D eigenvalue weighted by Gasteiger charge is 2.26. The number of halogens is 1. The zero-order valence-electron chi connectivity index (χ0n) is 11.8. The molecule has 2 aromatic rings. The van der Waals surface area contributed by atoms with Crippen LogP contribution >= 0.6 is 0 Å². The molecule has 0 bridgehead atoms. The lowest BCUT2D eigenvalue weighted by Gasteiger charge is -2.18. The van der Waals surface area contributed by atoms with Crippen LogP contribution in [0.5, 0.6) is 0 Å². The third kappa shape index (κ3) is 2.99. The highest BCUT2D eigenvalue weighted by molar-refractivity contribution is 7.93. The Hall–Kier alpha value is -2.09. The molecule has 1 heterocycles. The fourth-order valence-corrected chi connectivity index (χ4v) is 3.16. The van der Waals surface area contributed by atoms with Crippen molar-refractivity contribution in [2.45, 2.75) is 24.8 Å². The number of rotatable bonds is 5. The van der Waals surface area contributed by atoms with E-state index in [4.69, 9.17) is 5.73 Å². The topological polar surface area (TPSA) is 81.2 Å². The zero-order valence-corrected chi connectivity index (χ0v) is 12.6. The van der Waals surface area contributed by atoms with Gasteiger partial charge in [0.05, 0.1) is 5.69 Å². The Morgan fingerprint density at radius 1 is 1.43 bits per heavy atom. The molecule has 0 saturated heterocycles. The van der Waals surface area contributed by atoms with Gasteiger partial charge in [-0.25, -0.2) is 12.8 Å². The third-order valence-corrected chi connectivity index (χ3v) is 4.82. The Kier molecular flexibility index (Phi) is 4.17. The predicted molar refractivity (Wildman–Crippen MR) is 78.9 cm³/mol. The summed E-state index contributed by atoms with van der Waals surface area (Å²) >= 11 is 0. The van der Waals surface area contributed by atoms with Gasteiger partial charge >= 0.3 is 0 Å². The van der Waals surface area contributed by atoms with Crippen LogP contribution in [0.1, 0.15) is 13.3 Å². The van der Waals surface area contributed by atoms with Crippen LogP contribution in [0.25, 0.3) is 0 Å². The normalized spacial score (nSPS) is 11.6. The Balaban J connectivity index is 2.42. The molecule has 0 amide bonds. The molecule has 8 heteroatoms. The van der Waals surface area contributed by atoms with Crippen molar-refractivity contribution < 1.29 is 12.8 Å². The molecule has 0 spiro atoms. The lowest BCUT2D eigenvalue weighted by Crippen LogP contribution is -2.27. The van der Waals surface area contributed by atoms with E-state index in [2.05, 4.69) is 5.10 Å². The molecular formula is C13H17FN4O2S. The molecule has 0 fully saturated rings. The predicted octanol–water partition coefficient (Wildman–Crippen LogP) is 1.84. The van der Waals surface area contributed by atoms with Gasteiger partial charge in [0.2, 0.25) is 0 Å². The summed E-state index contributed by atoms with van der Waals surface area (Å²) in [6.45, 7) is 2.52. The SMILES string of the molecule is CCCn1cc(S(=O)(=O)N(C)c2cccc(F)c2)c(N)n1. The number of sulfonamides is 1. The standard InChI is InChI=1S/C13H17FN4O2S/c1-3-7-18-9-12(13(15)16-18)21(19,20)17(2)11-6-4-5-10(14)8-11/h4-6,8-9H,3,7H2,1-2H3,(H2,15,16). The molecule has 2 rings (SSSR count). The van der Waals surface area contributed by atoms with Crippen molar-refractivity contribution >= 4 is 21.5 Å². The van der Waals surface area contributed by atoms with Gasteiger partial charge in [-0.2, -0.15) is 5.10 Å². The smallest absolute Gasteiger partial charge is 0.269 e. The van der Waals surface area contributed by atoms with Crippen LogP contribution in [-0.2, 0) is 16.6 Å². The maximum Gasteiger partial charge on any atom is 0.269 e. The van der Waals surface area contributed by atoms with Gasteiger partial charge in [-0.3, -0.25) is 8.99 Å². The molecular weight excluding hydrogens is 295 g/mol. The molecule has 6 nitrogen and oxygen atoms in total. The van der Waals surface area contributed by atoms with Gasteiger partial charge < -0.3 is 5.73 Å². The van der Waals surface area contributed by atoms with Crippen LogP contribution in [0, 0.1) is 5.82 Å². The summed E-state index contributed by atoms with van der Waals surface area (Å²) < 4.78 is 40.8. The summed E-state index contributed by atoms with van der Waals surface area (Å²) in [5.74, 6) is -0.573. The van der Waals surface area contributed by atoms with Gasteiger partial charge in [0, 0.05) is 19.8 Å². The largest absolute Gasteiger partial charge is 0.381 e. The van der Waals surface area contributed by atoms with Gasteiger partial charge in [-0.05, 0) is 24.6 Å². The van der Waals surface area contributed by atoms with E-state index in [-0.39, 0.29) is 16.4 Å². The van der Waals surface area contributed by atoms with E-state index in [1.54, 1.807) is 0 Å². The van der Waals surface area contributed by atoms with Gasteiger partial charge in [0.15, 0.2) is 5.82 Å². The van der Waals surface area contributed by atoms with Gasteiger partial charge in [0.1, 0.15) is 10.7 Å². The van der Waals surface area contributed by atoms with Gasteiger partial charge in [-0.1, -0.05) is 13.0 Å². The van der Waals surface area contributed by atoms with E-state index in [0.717, 1.165) is 16.8 Å². The Morgan fingerprint density at radius 2 is 2.14 bits per heavy atom. The van der Waals surface area contributed by atoms with E-state index in [1.807, 2.05) is 6.92 Å². The molecule has 0 aliphatic heterocycles. The number of hydrogen-bond donors (Lipinski definition) is 1. The number of hydrogen-bond acceptors (Lipinski definition) is 4. The maximum atomic E-state index is 13.2. The summed E-state index contributed by atoms with van der Waals surface area (Å²) in [4.78, 5) is -0.0808. The number of nitrogens with zero attached hydrogens (tertiary/aromatic N) is 3. The number of aromatic nitrogens is 2. The third-order valence-electron chi connectivity index (χ3n) is 3.02. The second kappa shape index (κ2) is 5.72. The Bertz CT molecular complexity index is 742. The van der Waals surface area contributed by atoms with Crippen molar-refractivity contribution in [1.82, 2.24) is 9.78 Å². The van der Waals surface area contributed by atoms with Crippen LogP contribution < -0.4 is 10.0 Å². The lowest BCUT2D eigenvalue weighted by molar-refractivity contribution is 0.590. The first-order chi connectivity index (χ1) is 9.86. The quantitative estimate of drug-likeness (QED) is 0.913. The molecule has 114 valence electrons. The minimum Gasteiger partial charge on any atom is -0.381 e. The van der Waals surface area contributed by atoms with E-state index in [0.29, 0.717) is 6.54 Å². The fourth-order valence-electron chi connectivity index (χ4n) is 1.92. The van der Waals surface area contributed by atoms with Gasteiger partial charge in [-0.15, -0.1) is 0 Å². The molecule has 0 unspecified atom stereocenters. The average molecular weight is 312 g/mol. The summed E-state index contributed by atoms with van der Waals surface area (Å²) in [6, 6.07) is 5.34. The second-order valence-corrected chi connectivity index (χ2v) is 6.53. The average Bonchev–Trinajstić information content (AvgIpc) is 2.80. The number of benzene rings is 1. The molecule has 2 N–H and O–H groups in total. The van der Waals surface area contributed by atoms with Gasteiger partial charge in [0.25, 0.3) is 10.0 Å². The second-order valence-electron chi connectivity index (χ2n) is 4.59. The number of aryl methyl sites for hydroxylation is 1. The number of anilines is 2. The summed E-state index contributed by atoms with van der Waals surface area (Å²) in [6.07, 6.45) is 2.20. The first kappa shape index (κ1) is 15.3. The zero-order chi connectivity index (χ0) is 15.6. The monoisotopic (exact) mass is 312 g/mol. The van der Waals surface area contributed by atoms with E-state index < -0.39 is 15.8 Å². The minimum atomic E-state index is -3.88. The Morgan fingerprint density at radius 3 is 2.76 bits per heavy atom. The van der Waals surface area contributed by atoms with Crippen molar-refractivity contribution in [1.29, 1.82) is 0 Å². The van der Waals surface area contributed by atoms with Crippen molar-refractivity contribution in [2.24, 2.45) is 0 Å². The molecule has 1 aromatic heterocycles. The van der Waals surface area contributed by atoms with Crippen LogP contribution in [0.2, 0.25) is 0 Å². The minimum absolute atomic E-state index is 0.0632. The summed E-state index contributed by atoms with van der Waals surface area (Å²) in [5, 5.41) is 3.97. The number of nitrogens with two attached hydrogens (primary N) is 1. The Labute approximate surface area is 123 Å². The van der Waals surface area contributed by atoms with Crippen LogP contribution in [0.15, 0.2) is 35.4 Å².